The highest BCUT2D eigenvalue weighted by Crippen LogP contribution is 2.24. The first-order chi connectivity index (χ1) is 11.0. The van der Waals surface area contributed by atoms with Crippen LogP contribution in [-0.2, 0) is 10.2 Å². The second kappa shape index (κ2) is 7.87. The lowest BCUT2D eigenvalue weighted by Gasteiger charge is -2.19. The number of anilines is 3. The van der Waals surface area contributed by atoms with Gasteiger partial charge in [0.1, 0.15) is 0 Å². The number of aromatic nitrogens is 3. The Bertz CT molecular complexity index is 607. The molecule has 0 spiro atoms. The third-order valence-corrected chi connectivity index (χ3v) is 3.40. The van der Waals surface area contributed by atoms with E-state index in [2.05, 4.69) is 58.7 Å². The summed E-state index contributed by atoms with van der Waals surface area (Å²) >= 11 is 0. The number of rotatable bonds is 7. The van der Waals surface area contributed by atoms with Crippen LogP contribution in [0, 0.1) is 0 Å². The molecule has 23 heavy (non-hydrogen) atoms. The topological polar surface area (TPSA) is 72.0 Å². The summed E-state index contributed by atoms with van der Waals surface area (Å²) in [6, 6.07) is 8.29. The monoisotopic (exact) mass is 315 g/mol. The normalized spacial score (nSPS) is 11.3. The number of hydrogen-bond acceptors (Lipinski definition) is 6. The standard InChI is InChI=1S/C17H25N5O/c1-17(2,3)13-6-8-14(9-7-13)20-16-21-15(12-19-22-16)18-10-5-11-23-4/h6-9,12H,5,10-11H2,1-4H3,(H2,18,20,21,22). The van der Waals surface area contributed by atoms with Gasteiger partial charge in [-0.3, -0.25) is 0 Å². The summed E-state index contributed by atoms with van der Waals surface area (Å²) in [7, 11) is 1.69. The summed E-state index contributed by atoms with van der Waals surface area (Å²) in [5, 5.41) is 14.4. The van der Waals surface area contributed by atoms with Gasteiger partial charge in [-0.05, 0) is 29.5 Å². The molecule has 1 heterocycles. The third-order valence-electron chi connectivity index (χ3n) is 3.40. The minimum Gasteiger partial charge on any atom is -0.385 e. The smallest absolute Gasteiger partial charge is 0.249 e. The molecule has 1 aromatic heterocycles. The van der Waals surface area contributed by atoms with Crippen molar-refractivity contribution in [2.45, 2.75) is 32.6 Å². The molecule has 0 bridgehead atoms. The summed E-state index contributed by atoms with van der Waals surface area (Å²) in [4.78, 5) is 4.40. The summed E-state index contributed by atoms with van der Waals surface area (Å²) in [5.41, 5.74) is 2.37. The highest BCUT2D eigenvalue weighted by molar-refractivity contribution is 5.55. The molecule has 0 aliphatic rings. The maximum Gasteiger partial charge on any atom is 0.249 e. The fourth-order valence-electron chi connectivity index (χ4n) is 2.06. The molecule has 0 unspecified atom stereocenters. The predicted octanol–water partition coefficient (Wildman–Crippen LogP) is 3.36. The average molecular weight is 315 g/mol. The maximum absolute atomic E-state index is 5.02. The van der Waals surface area contributed by atoms with Crippen LogP contribution in [0.1, 0.15) is 32.8 Å². The molecule has 0 saturated carbocycles. The Kier molecular flexibility index (Phi) is 5.87. The Balaban J connectivity index is 1.97. The van der Waals surface area contributed by atoms with Gasteiger partial charge in [0.05, 0.1) is 6.20 Å². The number of benzene rings is 1. The first-order valence-electron chi connectivity index (χ1n) is 7.79. The van der Waals surface area contributed by atoms with Crippen LogP contribution in [0.15, 0.2) is 30.5 Å². The van der Waals surface area contributed by atoms with Crippen molar-refractivity contribution in [3.63, 3.8) is 0 Å². The molecular formula is C17H25N5O. The summed E-state index contributed by atoms with van der Waals surface area (Å²) in [5.74, 6) is 1.18. The maximum atomic E-state index is 5.02. The van der Waals surface area contributed by atoms with E-state index in [-0.39, 0.29) is 5.41 Å². The van der Waals surface area contributed by atoms with Crippen molar-refractivity contribution in [3.8, 4) is 0 Å². The SMILES string of the molecule is COCCCNc1cnnc(Nc2ccc(C(C)(C)C)cc2)n1. The van der Waals surface area contributed by atoms with E-state index < -0.39 is 0 Å². The first-order valence-corrected chi connectivity index (χ1v) is 7.79. The molecule has 0 amide bonds. The van der Waals surface area contributed by atoms with Crippen LogP contribution < -0.4 is 10.6 Å². The lowest BCUT2D eigenvalue weighted by atomic mass is 9.87. The van der Waals surface area contributed by atoms with E-state index in [0.29, 0.717) is 11.8 Å². The Hall–Kier alpha value is -2.21. The van der Waals surface area contributed by atoms with Crippen molar-refractivity contribution in [1.29, 1.82) is 0 Å². The molecule has 2 rings (SSSR count). The second-order valence-corrected chi connectivity index (χ2v) is 6.39. The van der Waals surface area contributed by atoms with Crippen LogP contribution in [0.2, 0.25) is 0 Å². The van der Waals surface area contributed by atoms with Crippen molar-refractivity contribution in [3.05, 3.63) is 36.0 Å². The van der Waals surface area contributed by atoms with E-state index in [1.165, 1.54) is 5.56 Å². The van der Waals surface area contributed by atoms with Gasteiger partial charge in [0.2, 0.25) is 5.95 Å². The Morgan fingerprint density at radius 2 is 1.87 bits per heavy atom. The number of methoxy groups -OCH3 is 1. The number of hydrogen-bond donors (Lipinski definition) is 2. The van der Waals surface area contributed by atoms with Crippen molar-refractivity contribution in [2.24, 2.45) is 0 Å². The first kappa shape index (κ1) is 17.1. The Morgan fingerprint density at radius 3 is 2.52 bits per heavy atom. The molecule has 6 heteroatoms. The second-order valence-electron chi connectivity index (χ2n) is 6.39. The van der Waals surface area contributed by atoms with E-state index in [0.717, 1.165) is 25.3 Å². The van der Waals surface area contributed by atoms with Crippen LogP contribution in [0.4, 0.5) is 17.5 Å². The lowest BCUT2D eigenvalue weighted by Crippen LogP contribution is -2.11. The van der Waals surface area contributed by atoms with Crippen LogP contribution in [0.3, 0.4) is 0 Å². The highest BCUT2D eigenvalue weighted by atomic mass is 16.5. The molecule has 0 aliphatic heterocycles. The molecule has 1 aromatic carbocycles. The van der Waals surface area contributed by atoms with Crippen molar-refractivity contribution in [2.75, 3.05) is 30.9 Å². The lowest BCUT2D eigenvalue weighted by molar-refractivity contribution is 0.197. The third kappa shape index (κ3) is 5.49. The number of nitrogens with one attached hydrogen (secondary N) is 2. The van der Waals surface area contributed by atoms with E-state index in [4.69, 9.17) is 4.74 Å². The minimum absolute atomic E-state index is 0.141. The fourth-order valence-corrected chi connectivity index (χ4v) is 2.06. The molecular weight excluding hydrogens is 290 g/mol. The van der Waals surface area contributed by atoms with E-state index in [9.17, 15) is 0 Å². The molecule has 6 nitrogen and oxygen atoms in total. The average Bonchev–Trinajstić information content (AvgIpc) is 2.52. The van der Waals surface area contributed by atoms with Crippen LogP contribution in [0.5, 0.6) is 0 Å². The highest BCUT2D eigenvalue weighted by Gasteiger charge is 2.12. The molecule has 124 valence electrons. The molecule has 2 aromatic rings. The number of ether oxygens (including phenoxy) is 1. The molecule has 0 fully saturated rings. The molecule has 2 N–H and O–H groups in total. The molecule has 0 saturated heterocycles. The largest absolute Gasteiger partial charge is 0.385 e. The Morgan fingerprint density at radius 1 is 1.13 bits per heavy atom. The van der Waals surface area contributed by atoms with Gasteiger partial charge in [-0.25, -0.2) is 0 Å². The van der Waals surface area contributed by atoms with Crippen molar-refractivity contribution < 1.29 is 4.74 Å². The van der Waals surface area contributed by atoms with Crippen LogP contribution >= 0.6 is 0 Å². The molecule has 0 atom stereocenters. The quantitative estimate of drug-likeness (QED) is 0.763. The zero-order valence-electron chi connectivity index (χ0n) is 14.3. The van der Waals surface area contributed by atoms with Crippen LogP contribution in [0.25, 0.3) is 0 Å². The molecule has 0 aliphatic carbocycles. The zero-order valence-corrected chi connectivity index (χ0v) is 14.3. The predicted molar refractivity (Wildman–Crippen MR) is 93.2 cm³/mol. The minimum atomic E-state index is 0.141. The van der Waals surface area contributed by atoms with E-state index >= 15 is 0 Å². The van der Waals surface area contributed by atoms with Crippen molar-refractivity contribution >= 4 is 17.5 Å². The van der Waals surface area contributed by atoms with Gasteiger partial charge in [0.15, 0.2) is 5.82 Å². The Labute approximate surface area is 137 Å². The van der Waals surface area contributed by atoms with Gasteiger partial charge < -0.3 is 15.4 Å². The van der Waals surface area contributed by atoms with Gasteiger partial charge in [-0.2, -0.15) is 10.1 Å². The molecule has 0 radical (unpaired) electrons. The van der Waals surface area contributed by atoms with Gasteiger partial charge in [-0.1, -0.05) is 32.9 Å². The summed E-state index contributed by atoms with van der Waals surface area (Å²) in [6.45, 7) is 8.09. The van der Waals surface area contributed by atoms with Gasteiger partial charge in [-0.15, -0.1) is 5.10 Å². The van der Waals surface area contributed by atoms with Gasteiger partial charge >= 0.3 is 0 Å². The summed E-state index contributed by atoms with van der Waals surface area (Å²) < 4.78 is 5.02. The van der Waals surface area contributed by atoms with Gasteiger partial charge in [0, 0.05) is 25.9 Å². The summed E-state index contributed by atoms with van der Waals surface area (Å²) in [6.07, 6.45) is 2.53. The zero-order chi connectivity index (χ0) is 16.7. The number of nitrogens with zero attached hydrogens (tertiary/aromatic N) is 3. The van der Waals surface area contributed by atoms with E-state index in [1.54, 1.807) is 13.3 Å². The van der Waals surface area contributed by atoms with Gasteiger partial charge in [0.25, 0.3) is 0 Å². The van der Waals surface area contributed by atoms with Crippen molar-refractivity contribution in [1.82, 2.24) is 15.2 Å². The van der Waals surface area contributed by atoms with Crippen LogP contribution in [-0.4, -0.2) is 35.4 Å². The van der Waals surface area contributed by atoms with E-state index in [1.807, 2.05) is 12.1 Å². The fraction of sp³-hybridized carbons (Fsp3) is 0.471.